The van der Waals surface area contributed by atoms with E-state index in [0.29, 0.717) is 12.5 Å². The Bertz CT molecular complexity index is 574. The van der Waals surface area contributed by atoms with Crippen molar-refractivity contribution in [3.8, 4) is 0 Å². The van der Waals surface area contributed by atoms with Crippen molar-refractivity contribution in [3.63, 3.8) is 0 Å². The molecule has 1 amide bonds. The van der Waals surface area contributed by atoms with Crippen molar-refractivity contribution >= 4 is 35.8 Å². The van der Waals surface area contributed by atoms with Gasteiger partial charge in [0.05, 0.1) is 0 Å². The standard InChI is InChI=1S/C19H28N4O.HI/c1-4-11-20-19(21-14-18(24)22(2)3)23-12-10-17(15-23)13-16-8-6-5-7-9-16;/h4-9,17H,1,10-15H2,2-3H3,(H,20,21);1H. The molecule has 1 saturated heterocycles. The van der Waals surface area contributed by atoms with E-state index in [0.717, 1.165) is 31.9 Å². The van der Waals surface area contributed by atoms with E-state index in [2.05, 4.69) is 52.1 Å². The van der Waals surface area contributed by atoms with Gasteiger partial charge in [0.2, 0.25) is 5.91 Å². The first-order valence-electron chi connectivity index (χ1n) is 8.48. The molecule has 0 bridgehead atoms. The van der Waals surface area contributed by atoms with Crippen LogP contribution in [0.5, 0.6) is 0 Å². The number of likely N-dealkylation sites (tertiary alicyclic amines) is 1. The highest BCUT2D eigenvalue weighted by molar-refractivity contribution is 14.0. The molecule has 0 spiro atoms. The average molecular weight is 456 g/mol. The minimum atomic E-state index is 0. The molecule has 1 N–H and O–H groups in total. The molecule has 6 heteroatoms. The number of likely N-dealkylation sites (N-methyl/N-ethyl adjacent to an activating group) is 1. The zero-order valence-electron chi connectivity index (χ0n) is 15.1. The highest BCUT2D eigenvalue weighted by Crippen LogP contribution is 2.20. The van der Waals surface area contributed by atoms with E-state index in [4.69, 9.17) is 0 Å². The summed E-state index contributed by atoms with van der Waals surface area (Å²) >= 11 is 0. The minimum absolute atomic E-state index is 0. The minimum Gasteiger partial charge on any atom is -0.353 e. The second kappa shape index (κ2) is 11.1. The van der Waals surface area contributed by atoms with Gasteiger partial charge in [0.15, 0.2) is 5.96 Å². The number of rotatable bonds is 6. The Kier molecular flexibility index (Phi) is 9.55. The van der Waals surface area contributed by atoms with Crippen molar-refractivity contribution in [2.45, 2.75) is 12.8 Å². The predicted octanol–water partition coefficient (Wildman–Crippen LogP) is 2.39. The van der Waals surface area contributed by atoms with Crippen molar-refractivity contribution in [2.24, 2.45) is 10.9 Å². The summed E-state index contributed by atoms with van der Waals surface area (Å²) in [5.74, 6) is 1.43. The van der Waals surface area contributed by atoms with Crippen molar-refractivity contribution in [1.29, 1.82) is 0 Å². The zero-order chi connectivity index (χ0) is 17.4. The van der Waals surface area contributed by atoms with Crippen LogP contribution >= 0.6 is 24.0 Å². The maximum atomic E-state index is 11.8. The monoisotopic (exact) mass is 456 g/mol. The average Bonchev–Trinajstić information content (AvgIpc) is 3.03. The van der Waals surface area contributed by atoms with Crippen molar-refractivity contribution in [2.75, 3.05) is 40.3 Å². The summed E-state index contributed by atoms with van der Waals surface area (Å²) in [7, 11) is 3.50. The van der Waals surface area contributed by atoms with Crippen LogP contribution in [0.25, 0.3) is 0 Å². The lowest BCUT2D eigenvalue weighted by atomic mass is 9.99. The zero-order valence-corrected chi connectivity index (χ0v) is 17.5. The third-order valence-electron chi connectivity index (χ3n) is 4.22. The topological polar surface area (TPSA) is 47.9 Å². The molecular formula is C19H29IN4O. The number of halogens is 1. The Balaban J connectivity index is 0.00000312. The highest BCUT2D eigenvalue weighted by atomic mass is 127. The van der Waals surface area contributed by atoms with Gasteiger partial charge in [-0.15, -0.1) is 30.6 Å². The molecule has 5 nitrogen and oxygen atoms in total. The molecule has 0 saturated carbocycles. The number of nitrogens with zero attached hydrogens (tertiary/aromatic N) is 3. The molecule has 1 aromatic carbocycles. The number of carbonyl (C=O) groups excluding carboxylic acids is 1. The van der Waals surface area contributed by atoms with Crippen LogP contribution in [0.3, 0.4) is 0 Å². The first-order valence-corrected chi connectivity index (χ1v) is 8.48. The van der Waals surface area contributed by atoms with Crippen LogP contribution in [-0.4, -0.2) is 61.9 Å². The first-order chi connectivity index (χ1) is 11.6. The molecule has 25 heavy (non-hydrogen) atoms. The molecule has 1 aliphatic heterocycles. The molecule has 1 unspecified atom stereocenters. The second-order valence-electron chi connectivity index (χ2n) is 6.39. The fourth-order valence-electron chi connectivity index (χ4n) is 2.85. The van der Waals surface area contributed by atoms with Gasteiger partial charge in [-0.3, -0.25) is 4.79 Å². The number of guanidine groups is 1. The van der Waals surface area contributed by atoms with Gasteiger partial charge in [0.1, 0.15) is 6.54 Å². The largest absolute Gasteiger partial charge is 0.353 e. The molecule has 1 heterocycles. The van der Waals surface area contributed by atoms with E-state index >= 15 is 0 Å². The summed E-state index contributed by atoms with van der Waals surface area (Å²) in [6.07, 6.45) is 4.04. The maximum Gasteiger partial charge on any atom is 0.243 e. The van der Waals surface area contributed by atoms with Crippen molar-refractivity contribution < 1.29 is 4.79 Å². The Morgan fingerprint density at radius 3 is 2.76 bits per heavy atom. The molecular weight excluding hydrogens is 427 g/mol. The normalized spacial score (nSPS) is 17.0. The molecule has 0 aliphatic carbocycles. The number of carbonyl (C=O) groups is 1. The van der Waals surface area contributed by atoms with Gasteiger partial charge < -0.3 is 15.1 Å². The lowest BCUT2D eigenvalue weighted by molar-refractivity contribution is -0.127. The third kappa shape index (κ3) is 7.05. The van der Waals surface area contributed by atoms with E-state index in [-0.39, 0.29) is 36.4 Å². The quantitative estimate of drug-likeness (QED) is 0.310. The fraction of sp³-hybridized carbons (Fsp3) is 0.474. The Labute approximate surface area is 168 Å². The molecule has 1 fully saturated rings. The maximum absolute atomic E-state index is 11.8. The fourth-order valence-corrected chi connectivity index (χ4v) is 2.85. The molecule has 1 aromatic rings. The van der Waals surface area contributed by atoms with Gasteiger partial charge in [0.25, 0.3) is 0 Å². The predicted molar refractivity (Wildman–Crippen MR) is 114 cm³/mol. The van der Waals surface area contributed by atoms with Crippen LogP contribution in [0.1, 0.15) is 12.0 Å². The highest BCUT2D eigenvalue weighted by Gasteiger charge is 2.25. The van der Waals surface area contributed by atoms with Gasteiger partial charge in [-0.2, -0.15) is 0 Å². The number of hydrogen-bond acceptors (Lipinski definition) is 2. The molecule has 138 valence electrons. The van der Waals surface area contributed by atoms with Gasteiger partial charge in [-0.05, 0) is 24.3 Å². The molecule has 0 radical (unpaired) electrons. The van der Waals surface area contributed by atoms with Crippen LogP contribution in [0.15, 0.2) is 48.0 Å². The van der Waals surface area contributed by atoms with E-state index in [1.54, 1.807) is 25.1 Å². The summed E-state index contributed by atoms with van der Waals surface area (Å²) in [5, 5.41) is 3.28. The molecule has 1 atom stereocenters. The molecule has 2 rings (SSSR count). The van der Waals surface area contributed by atoms with Crippen LogP contribution in [-0.2, 0) is 11.2 Å². The summed E-state index contributed by atoms with van der Waals surface area (Å²) in [6.45, 7) is 6.50. The van der Waals surface area contributed by atoms with Crippen molar-refractivity contribution in [1.82, 2.24) is 15.1 Å². The number of hydrogen-bond donors (Lipinski definition) is 1. The van der Waals surface area contributed by atoms with Gasteiger partial charge in [-0.1, -0.05) is 36.4 Å². The van der Waals surface area contributed by atoms with E-state index in [1.165, 1.54) is 5.56 Å². The number of aliphatic imine (C=N–C) groups is 1. The summed E-state index contributed by atoms with van der Waals surface area (Å²) in [6, 6.07) is 10.6. The lowest BCUT2D eigenvalue weighted by Crippen LogP contribution is -2.41. The smallest absolute Gasteiger partial charge is 0.243 e. The van der Waals surface area contributed by atoms with Gasteiger partial charge in [-0.25, -0.2) is 4.99 Å². The molecule has 1 aliphatic rings. The van der Waals surface area contributed by atoms with Gasteiger partial charge in [0, 0.05) is 33.7 Å². The third-order valence-corrected chi connectivity index (χ3v) is 4.22. The van der Waals surface area contributed by atoms with Crippen LogP contribution in [0.2, 0.25) is 0 Å². The SMILES string of the molecule is C=CCNC(=NCC(=O)N(C)C)N1CCC(Cc2ccccc2)C1.I. The Hall–Kier alpha value is -1.57. The van der Waals surface area contributed by atoms with E-state index < -0.39 is 0 Å². The van der Waals surface area contributed by atoms with Crippen LogP contribution in [0, 0.1) is 5.92 Å². The second-order valence-corrected chi connectivity index (χ2v) is 6.39. The summed E-state index contributed by atoms with van der Waals surface area (Å²) < 4.78 is 0. The first kappa shape index (κ1) is 21.5. The number of amides is 1. The van der Waals surface area contributed by atoms with Crippen LogP contribution < -0.4 is 5.32 Å². The van der Waals surface area contributed by atoms with E-state index in [9.17, 15) is 4.79 Å². The Morgan fingerprint density at radius 2 is 2.12 bits per heavy atom. The number of nitrogens with one attached hydrogen (secondary N) is 1. The lowest BCUT2D eigenvalue weighted by Gasteiger charge is -2.22. The summed E-state index contributed by atoms with van der Waals surface area (Å²) in [5.41, 5.74) is 1.38. The number of benzene rings is 1. The van der Waals surface area contributed by atoms with Crippen molar-refractivity contribution in [3.05, 3.63) is 48.6 Å². The molecule has 0 aromatic heterocycles. The van der Waals surface area contributed by atoms with Crippen LogP contribution in [0.4, 0.5) is 0 Å². The van der Waals surface area contributed by atoms with E-state index in [1.807, 2.05) is 0 Å². The summed E-state index contributed by atoms with van der Waals surface area (Å²) in [4.78, 5) is 20.1. The van der Waals surface area contributed by atoms with Gasteiger partial charge >= 0.3 is 0 Å². The Morgan fingerprint density at radius 1 is 1.40 bits per heavy atom.